The number of rotatable bonds is 6. The summed E-state index contributed by atoms with van der Waals surface area (Å²) in [6.45, 7) is 6.73. The quantitative estimate of drug-likeness (QED) is 0.321. The second-order valence-corrected chi connectivity index (χ2v) is 7.51. The molecule has 148 valence electrons. The highest BCUT2D eigenvalue weighted by Gasteiger charge is 2.20. The predicted molar refractivity (Wildman–Crippen MR) is 125 cm³/mol. The van der Waals surface area contributed by atoms with E-state index in [1.54, 1.807) is 6.26 Å². The summed E-state index contributed by atoms with van der Waals surface area (Å²) < 4.78 is 6.49. The zero-order valence-electron chi connectivity index (χ0n) is 15.7. The molecule has 2 heterocycles. The lowest BCUT2D eigenvalue weighted by atomic mass is 10.0. The van der Waals surface area contributed by atoms with Crippen LogP contribution in [0.25, 0.3) is 0 Å². The lowest BCUT2D eigenvalue weighted by molar-refractivity contribution is 0.198. The molecule has 1 aromatic carbocycles. The molecule has 1 aliphatic heterocycles. The Morgan fingerprint density at radius 1 is 1.22 bits per heavy atom. The molecule has 27 heavy (non-hydrogen) atoms. The maximum atomic E-state index is 5.36. The van der Waals surface area contributed by atoms with Gasteiger partial charge in [-0.05, 0) is 49.6 Å². The van der Waals surface area contributed by atoms with Gasteiger partial charge in [0.05, 0.1) is 6.26 Å². The maximum Gasteiger partial charge on any atom is 0.191 e. The fourth-order valence-electron chi connectivity index (χ4n) is 3.16. The molecule has 7 heteroatoms. The highest BCUT2D eigenvalue weighted by molar-refractivity contribution is 14.0. The predicted octanol–water partition coefficient (Wildman–Crippen LogP) is 4.38. The number of likely N-dealkylation sites (tertiary alicyclic amines) is 1. The van der Waals surface area contributed by atoms with Gasteiger partial charge in [-0.15, -0.1) is 24.0 Å². The molecule has 0 spiro atoms. The second-order valence-electron chi connectivity index (χ2n) is 6.60. The van der Waals surface area contributed by atoms with Gasteiger partial charge < -0.3 is 15.1 Å². The monoisotopic (exact) mass is 546 g/mol. The Kier molecular flexibility index (Phi) is 9.64. The van der Waals surface area contributed by atoms with E-state index in [-0.39, 0.29) is 24.0 Å². The van der Waals surface area contributed by atoms with Gasteiger partial charge in [-0.1, -0.05) is 28.1 Å². The van der Waals surface area contributed by atoms with Gasteiger partial charge in [-0.25, -0.2) is 4.99 Å². The number of hydrogen-bond acceptors (Lipinski definition) is 3. The third-order valence-corrected chi connectivity index (χ3v) is 5.09. The minimum atomic E-state index is 0. The van der Waals surface area contributed by atoms with Gasteiger partial charge in [0, 0.05) is 36.7 Å². The first-order chi connectivity index (χ1) is 12.7. The molecule has 3 rings (SSSR count). The van der Waals surface area contributed by atoms with Crippen molar-refractivity contribution in [2.45, 2.75) is 38.9 Å². The van der Waals surface area contributed by atoms with Crippen molar-refractivity contribution in [2.75, 3.05) is 19.6 Å². The fourth-order valence-corrected chi connectivity index (χ4v) is 3.42. The molecule has 1 saturated heterocycles. The van der Waals surface area contributed by atoms with Crippen LogP contribution >= 0.6 is 39.9 Å². The van der Waals surface area contributed by atoms with E-state index in [2.05, 4.69) is 67.6 Å². The van der Waals surface area contributed by atoms with E-state index in [0.717, 1.165) is 55.2 Å². The van der Waals surface area contributed by atoms with Gasteiger partial charge in [0.2, 0.25) is 0 Å². The molecule has 0 aliphatic carbocycles. The zero-order valence-corrected chi connectivity index (χ0v) is 19.6. The Balaban J connectivity index is 0.00000261. The number of hydrogen-bond donors (Lipinski definition) is 2. The Hall–Kier alpha value is -1.06. The number of benzene rings is 1. The van der Waals surface area contributed by atoms with E-state index < -0.39 is 0 Å². The number of nitrogens with one attached hydrogen (secondary N) is 2. The van der Waals surface area contributed by atoms with E-state index in [4.69, 9.17) is 4.42 Å². The summed E-state index contributed by atoms with van der Waals surface area (Å²) in [6.07, 6.45) is 3.94. The first-order valence-corrected chi connectivity index (χ1v) is 10.1. The molecule has 0 saturated carbocycles. The van der Waals surface area contributed by atoms with E-state index in [9.17, 15) is 0 Å². The van der Waals surface area contributed by atoms with Gasteiger partial charge in [0.1, 0.15) is 12.3 Å². The first-order valence-electron chi connectivity index (χ1n) is 9.27. The Morgan fingerprint density at radius 2 is 1.96 bits per heavy atom. The van der Waals surface area contributed by atoms with Gasteiger partial charge >= 0.3 is 0 Å². The van der Waals surface area contributed by atoms with Crippen LogP contribution < -0.4 is 10.6 Å². The molecular weight excluding hydrogens is 519 g/mol. The minimum Gasteiger partial charge on any atom is -0.467 e. The highest BCUT2D eigenvalue weighted by atomic mass is 127. The second kappa shape index (κ2) is 11.7. The number of aliphatic imine (C=N–C) groups is 1. The summed E-state index contributed by atoms with van der Waals surface area (Å²) in [4.78, 5) is 7.15. The van der Waals surface area contributed by atoms with Crippen molar-refractivity contribution in [1.29, 1.82) is 0 Å². The van der Waals surface area contributed by atoms with Crippen molar-refractivity contribution in [3.63, 3.8) is 0 Å². The number of furan rings is 1. The molecular formula is C20H28BrIN4O. The van der Waals surface area contributed by atoms with Gasteiger partial charge in [-0.2, -0.15) is 0 Å². The topological polar surface area (TPSA) is 52.8 Å². The number of halogens is 2. The normalized spacial score (nSPS) is 16.0. The standard InChI is InChI=1S/C20H27BrN4O.HI/c1-2-22-20(23-14-19-4-3-13-26-19)24-18-9-11-25(12-10-18)15-16-5-7-17(21)8-6-16;/h3-8,13,18H,2,9-12,14-15H2,1H3,(H2,22,23,24);1H. The van der Waals surface area contributed by atoms with E-state index in [1.807, 2.05) is 12.1 Å². The highest BCUT2D eigenvalue weighted by Crippen LogP contribution is 2.16. The average Bonchev–Trinajstić information content (AvgIpc) is 3.17. The van der Waals surface area contributed by atoms with E-state index >= 15 is 0 Å². The van der Waals surface area contributed by atoms with Crippen molar-refractivity contribution >= 4 is 45.9 Å². The van der Waals surface area contributed by atoms with Crippen molar-refractivity contribution < 1.29 is 4.42 Å². The van der Waals surface area contributed by atoms with Crippen molar-refractivity contribution in [2.24, 2.45) is 4.99 Å². The number of nitrogens with zero attached hydrogens (tertiary/aromatic N) is 2. The molecule has 0 atom stereocenters. The Bertz CT molecular complexity index is 683. The molecule has 1 aliphatic rings. The van der Waals surface area contributed by atoms with Crippen LogP contribution in [0.15, 0.2) is 56.5 Å². The molecule has 1 fully saturated rings. The van der Waals surface area contributed by atoms with Gasteiger partial charge in [0.25, 0.3) is 0 Å². The van der Waals surface area contributed by atoms with Crippen molar-refractivity contribution in [1.82, 2.24) is 15.5 Å². The van der Waals surface area contributed by atoms with Gasteiger partial charge in [-0.3, -0.25) is 4.90 Å². The van der Waals surface area contributed by atoms with Crippen LogP contribution in [0.1, 0.15) is 31.1 Å². The summed E-state index contributed by atoms with van der Waals surface area (Å²) in [5.74, 6) is 1.75. The molecule has 2 aromatic rings. The van der Waals surface area contributed by atoms with Crippen LogP contribution in [0, 0.1) is 0 Å². The molecule has 0 amide bonds. The van der Waals surface area contributed by atoms with E-state index in [0.29, 0.717) is 12.6 Å². The van der Waals surface area contributed by atoms with Crippen LogP contribution in [0.3, 0.4) is 0 Å². The summed E-state index contributed by atoms with van der Waals surface area (Å²) in [5.41, 5.74) is 1.37. The summed E-state index contributed by atoms with van der Waals surface area (Å²) in [5, 5.41) is 6.90. The van der Waals surface area contributed by atoms with Crippen LogP contribution in [0.5, 0.6) is 0 Å². The molecule has 0 bridgehead atoms. The Labute approximate surface area is 187 Å². The Morgan fingerprint density at radius 3 is 2.59 bits per heavy atom. The van der Waals surface area contributed by atoms with Crippen LogP contribution in [0.4, 0.5) is 0 Å². The smallest absolute Gasteiger partial charge is 0.191 e. The molecule has 1 aromatic heterocycles. The third-order valence-electron chi connectivity index (χ3n) is 4.57. The summed E-state index contributed by atoms with van der Waals surface area (Å²) >= 11 is 3.49. The van der Waals surface area contributed by atoms with E-state index in [1.165, 1.54) is 5.56 Å². The largest absolute Gasteiger partial charge is 0.467 e. The van der Waals surface area contributed by atoms with Crippen LogP contribution in [-0.4, -0.2) is 36.5 Å². The zero-order chi connectivity index (χ0) is 18.2. The van der Waals surface area contributed by atoms with Gasteiger partial charge in [0.15, 0.2) is 5.96 Å². The van der Waals surface area contributed by atoms with Crippen molar-refractivity contribution in [3.8, 4) is 0 Å². The van der Waals surface area contributed by atoms with Crippen molar-refractivity contribution in [3.05, 3.63) is 58.5 Å². The fraction of sp³-hybridized carbons (Fsp3) is 0.450. The SMILES string of the molecule is CCNC(=NCc1ccco1)NC1CCN(Cc2ccc(Br)cc2)CC1.I. The number of piperidine rings is 1. The van der Waals surface area contributed by atoms with Crippen LogP contribution in [-0.2, 0) is 13.1 Å². The number of guanidine groups is 1. The summed E-state index contributed by atoms with van der Waals surface area (Å²) in [7, 11) is 0. The lowest BCUT2D eigenvalue weighted by Gasteiger charge is -2.33. The molecule has 2 N–H and O–H groups in total. The molecule has 5 nitrogen and oxygen atoms in total. The molecule has 0 unspecified atom stereocenters. The third kappa shape index (κ3) is 7.46. The van der Waals surface area contributed by atoms with Crippen LogP contribution in [0.2, 0.25) is 0 Å². The lowest BCUT2D eigenvalue weighted by Crippen LogP contribution is -2.48. The maximum absolute atomic E-state index is 5.36. The average molecular weight is 547 g/mol. The molecule has 0 radical (unpaired) electrons. The minimum absolute atomic E-state index is 0. The first kappa shape index (κ1) is 22.2. The summed E-state index contributed by atoms with van der Waals surface area (Å²) in [6, 6.07) is 12.9.